The topological polar surface area (TPSA) is 0 Å². The number of benzene rings is 19. The zero-order valence-electron chi connectivity index (χ0n) is 53.6. The van der Waals surface area contributed by atoms with Gasteiger partial charge in [-0.15, -0.1) is 0 Å². The van der Waals surface area contributed by atoms with Gasteiger partial charge < -0.3 is 0 Å². The summed E-state index contributed by atoms with van der Waals surface area (Å²) in [6.45, 7) is 4.42. The van der Waals surface area contributed by atoms with Gasteiger partial charge >= 0.3 is 0 Å². The quantitative estimate of drug-likeness (QED) is 0.146. The third-order valence-corrected chi connectivity index (χ3v) is 19.8. The first-order chi connectivity index (χ1) is 47.5. The minimum atomic E-state index is 1.26. The number of aryl methyl sites for hydroxylation is 2. The van der Waals surface area contributed by atoms with E-state index in [1.165, 1.54) is 186 Å². The van der Waals surface area contributed by atoms with E-state index in [2.05, 4.69) is 378 Å². The zero-order chi connectivity index (χ0) is 64.1. The van der Waals surface area contributed by atoms with E-state index in [0.717, 1.165) is 0 Å². The number of rotatable bonds is 6. The summed E-state index contributed by atoms with van der Waals surface area (Å²) in [4.78, 5) is 0. The molecule has 0 aliphatic carbocycles. The predicted molar refractivity (Wildman–Crippen MR) is 416 cm³/mol. The molecule has 96 heavy (non-hydrogen) atoms. The highest BCUT2D eigenvalue weighted by atomic mass is 14.2. The first-order valence-electron chi connectivity index (χ1n) is 33.4. The van der Waals surface area contributed by atoms with E-state index >= 15 is 0 Å². The van der Waals surface area contributed by atoms with Gasteiger partial charge in [0.15, 0.2) is 0 Å². The Morgan fingerprint density at radius 2 is 0.375 bits per heavy atom. The van der Waals surface area contributed by atoms with Crippen LogP contribution in [-0.2, 0) is 0 Å². The maximum Gasteiger partial charge on any atom is -0.00201 e. The molecule has 0 aromatic heterocycles. The summed E-state index contributed by atoms with van der Waals surface area (Å²) in [6, 6.07) is 132. The molecule has 19 aromatic carbocycles. The van der Waals surface area contributed by atoms with Gasteiger partial charge in [0.05, 0.1) is 0 Å². The average molecular weight is 1220 g/mol. The van der Waals surface area contributed by atoms with E-state index in [9.17, 15) is 0 Å². The molecule has 0 heterocycles. The normalized spacial score (nSPS) is 11.4. The molecular weight excluding hydrogens is 1150 g/mol. The lowest BCUT2D eigenvalue weighted by Gasteiger charge is -2.19. The second-order valence-electron chi connectivity index (χ2n) is 25.4. The van der Waals surface area contributed by atoms with Gasteiger partial charge in [0.2, 0.25) is 0 Å². The number of hydrogen-bond donors (Lipinski definition) is 0. The molecule has 450 valence electrons. The van der Waals surface area contributed by atoms with Crippen molar-refractivity contribution in [3.8, 4) is 66.8 Å². The van der Waals surface area contributed by atoms with E-state index in [0.29, 0.717) is 0 Å². The number of fused-ring (bicyclic) bond motifs is 10. The highest BCUT2D eigenvalue weighted by Gasteiger charge is 2.22. The summed E-state index contributed by atoms with van der Waals surface area (Å²) < 4.78 is 0. The summed E-state index contributed by atoms with van der Waals surface area (Å²) in [5, 5.41) is 25.8. The molecule has 0 aliphatic rings. The maximum atomic E-state index is 2.37. The van der Waals surface area contributed by atoms with Crippen LogP contribution >= 0.6 is 0 Å². The fourth-order valence-corrected chi connectivity index (χ4v) is 15.3. The molecule has 0 aliphatic heterocycles. The van der Waals surface area contributed by atoms with Crippen molar-refractivity contribution in [2.75, 3.05) is 0 Å². The number of hydrogen-bond acceptors (Lipinski definition) is 0. The fourth-order valence-electron chi connectivity index (χ4n) is 15.3. The summed E-state index contributed by atoms with van der Waals surface area (Å²) >= 11 is 0. The SMILES string of the molecule is Cc1cc2c(-c3ccccc3)c3ccccc3c(-c3ccccc3)c2cc1C.c1ccc2c(-c3c4ccccc4c(-c4cccc5ccccc45)c4ccccc34)cccc2c1.c1ccc2cc(-c3c4ccccc4c(-c4ccc5ccccc5c4)c4ccccc34)ccc2c1. The summed E-state index contributed by atoms with van der Waals surface area (Å²) in [7, 11) is 0. The van der Waals surface area contributed by atoms with Crippen LogP contribution in [-0.4, -0.2) is 0 Å². The van der Waals surface area contributed by atoms with Crippen LogP contribution in [0.5, 0.6) is 0 Å². The lowest BCUT2D eigenvalue weighted by molar-refractivity contribution is 1.37. The molecule has 0 heteroatoms. The maximum absolute atomic E-state index is 2.37. The van der Waals surface area contributed by atoms with Gasteiger partial charge in [-0.2, -0.15) is 0 Å². The van der Waals surface area contributed by atoms with Crippen molar-refractivity contribution in [3.05, 3.63) is 375 Å². The van der Waals surface area contributed by atoms with Crippen molar-refractivity contribution in [2.24, 2.45) is 0 Å². The highest BCUT2D eigenvalue weighted by Crippen LogP contribution is 2.49. The van der Waals surface area contributed by atoms with E-state index in [4.69, 9.17) is 0 Å². The molecule has 0 atom stereocenters. The van der Waals surface area contributed by atoms with E-state index in [1.807, 2.05) is 0 Å². The fraction of sp³-hybridized carbons (Fsp3) is 0.0208. The lowest BCUT2D eigenvalue weighted by Crippen LogP contribution is -1.92. The van der Waals surface area contributed by atoms with Gasteiger partial charge in [0.1, 0.15) is 0 Å². The van der Waals surface area contributed by atoms with Crippen molar-refractivity contribution in [1.29, 1.82) is 0 Å². The van der Waals surface area contributed by atoms with Crippen LogP contribution in [0.1, 0.15) is 11.1 Å². The van der Waals surface area contributed by atoms with Crippen LogP contribution in [0.25, 0.3) is 174 Å². The smallest absolute Gasteiger partial charge is 0.00201 e. The monoisotopic (exact) mass is 1220 g/mol. The zero-order valence-corrected chi connectivity index (χ0v) is 53.6. The van der Waals surface area contributed by atoms with Crippen LogP contribution in [0.2, 0.25) is 0 Å². The van der Waals surface area contributed by atoms with Crippen LogP contribution in [0, 0.1) is 13.8 Å². The summed E-state index contributed by atoms with van der Waals surface area (Å²) in [6.07, 6.45) is 0. The molecule has 19 aromatic rings. The van der Waals surface area contributed by atoms with Gasteiger partial charge in [-0.1, -0.05) is 352 Å². The molecule has 0 N–H and O–H groups in total. The van der Waals surface area contributed by atoms with Crippen LogP contribution < -0.4 is 0 Å². The lowest BCUT2D eigenvalue weighted by atomic mass is 9.84. The Hall–Kier alpha value is -12.2. The summed E-state index contributed by atoms with van der Waals surface area (Å²) in [5.41, 5.74) is 18.2. The van der Waals surface area contributed by atoms with Gasteiger partial charge in [-0.25, -0.2) is 0 Å². The Labute approximate surface area is 559 Å². The molecule has 0 spiro atoms. The second kappa shape index (κ2) is 24.7. The Bertz CT molecular complexity index is 5710. The minimum absolute atomic E-state index is 1.26. The Morgan fingerprint density at radius 1 is 0.135 bits per heavy atom. The first-order valence-corrected chi connectivity index (χ1v) is 33.4. The molecule has 0 saturated carbocycles. The first kappa shape index (κ1) is 57.7. The van der Waals surface area contributed by atoms with Crippen molar-refractivity contribution in [1.82, 2.24) is 0 Å². The Morgan fingerprint density at radius 3 is 0.698 bits per heavy atom. The third-order valence-electron chi connectivity index (χ3n) is 19.8. The minimum Gasteiger partial charge on any atom is -0.0622 e. The Kier molecular flexibility index (Phi) is 14.8. The Balaban J connectivity index is 0.000000110. The second-order valence-corrected chi connectivity index (χ2v) is 25.4. The average Bonchev–Trinajstić information content (AvgIpc) is 0.743. The van der Waals surface area contributed by atoms with Crippen molar-refractivity contribution < 1.29 is 0 Å². The molecule has 0 bridgehead atoms. The molecule has 19 rings (SSSR count). The van der Waals surface area contributed by atoms with Gasteiger partial charge in [-0.05, 0) is 212 Å². The molecule has 0 saturated heterocycles. The molecule has 0 amide bonds. The molecule has 0 nitrogen and oxygen atoms in total. The third kappa shape index (κ3) is 10.2. The standard InChI is InChI=1S/2C34H22.C28H22/c1-3-15-25-23(11-1)13-9-21-27(25)33-29-17-5-7-19-31(29)34(32-20-8-6-18-30(32)33)28-22-10-14-24-12-2-4-16-26(24)28;1-3-11-25-21-27(19-17-23(25)9-1)33-29-13-5-7-15-31(29)34(32-16-8-6-14-30(32)33)28-20-18-24-10-2-4-12-26(24)22-28;1-19-17-25-26(18-20(19)2)28(22-13-7-4-8-14-22)24-16-10-9-15-23(24)27(25)21-11-5-3-6-12-21/h2*1-22H;3-18H,1-2H3. The van der Waals surface area contributed by atoms with Gasteiger partial charge in [0, 0.05) is 0 Å². The van der Waals surface area contributed by atoms with Crippen molar-refractivity contribution in [3.63, 3.8) is 0 Å². The van der Waals surface area contributed by atoms with E-state index in [1.54, 1.807) is 0 Å². The molecule has 0 radical (unpaired) electrons. The van der Waals surface area contributed by atoms with Gasteiger partial charge in [-0.3, -0.25) is 0 Å². The van der Waals surface area contributed by atoms with Crippen LogP contribution in [0.15, 0.2) is 364 Å². The summed E-state index contributed by atoms with van der Waals surface area (Å²) in [5.74, 6) is 0. The molecule has 0 fully saturated rings. The van der Waals surface area contributed by atoms with E-state index < -0.39 is 0 Å². The highest BCUT2D eigenvalue weighted by molar-refractivity contribution is 6.27. The van der Waals surface area contributed by atoms with Crippen molar-refractivity contribution >= 4 is 108 Å². The molecular formula is C96H66. The molecule has 0 unspecified atom stereocenters. The largest absolute Gasteiger partial charge is 0.0622 e. The van der Waals surface area contributed by atoms with Gasteiger partial charge in [0.25, 0.3) is 0 Å². The van der Waals surface area contributed by atoms with Crippen LogP contribution in [0.3, 0.4) is 0 Å². The predicted octanol–water partition coefficient (Wildman–Crippen LogP) is 27.2. The van der Waals surface area contributed by atoms with Crippen LogP contribution in [0.4, 0.5) is 0 Å². The van der Waals surface area contributed by atoms with Crippen molar-refractivity contribution in [2.45, 2.75) is 13.8 Å². The van der Waals surface area contributed by atoms with E-state index in [-0.39, 0.29) is 0 Å².